The molecular weight excluding hydrogens is 474 g/mol. The molecule has 6 rings (SSSR count). The molecule has 1 aliphatic rings. The lowest BCUT2D eigenvalue weighted by atomic mass is 9.93. The number of amides is 2. The zero-order valence-corrected chi connectivity index (χ0v) is 20.6. The van der Waals surface area contributed by atoms with Crippen LogP contribution in [0.3, 0.4) is 0 Å². The summed E-state index contributed by atoms with van der Waals surface area (Å²) in [6.07, 6.45) is 1.01. The lowest BCUT2D eigenvalue weighted by molar-refractivity contribution is 0.0493. The van der Waals surface area contributed by atoms with Crippen LogP contribution in [0.5, 0.6) is 5.75 Å². The van der Waals surface area contributed by atoms with Crippen molar-refractivity contribution in [2.75, 3.05) is 11.9 Å². The molecule has 0 fully saturated rings. The van der Waals surface area contributed by atoms with E-state index in [2.05, 4.69) is 35.5 Å². The number of carbonyl (C=O) groups excluding carboxylic acids is 2. The highest BCUT2D eigenvalue weighted by Crippen LogP contribution is 2.39. The van der Waals surface area contributed by atoms with Gasteiger partial charge in [-0.2, -0.15) is 0 Å². The van der Waals surface area contributed by atoms with E-state index < -0.39 is 12.1 Å². The highest BCUT2D eigenvalue weighted by atomic mass is 16.5. The number of benzene rings is 5. The van der Waals surface area contributed by atoms with E-state index in [4.69, 9.17) is 4.74 Å². The summed E-state index contributed by atoms with van der Waals surface area (Å²) < 4.78 is 5.53. The highest BCUT2D eigenvalue weighted by Gasteiger charge is 2.36. The van der Waals surface area contributed by atoms with Crippen molar-refractivity contribution in [3.8, 4) is 5.75 Å². The van der Waals surface area contributed by atoms with E-state index in [9.17, 15) is 9.59 Å². The maximum atomic E-state index is 13.9. The average molecular weight is 500 g/mol. The number of nitrogens with one attached hydrogen (secondary N) is 2. The minimum atomic E-state index is -0.646. The van der Waals surface area contributed by atoms with E-state index in [1.807, 2.05) is 54.6 Å². The van der Waals surface area contributed by atoms with Crippen LogP contribution in [0.25, 0.3) is 21.5 Å². The summed E-state index contributed by atoms with van der Waals surface area (Å²) in [4.78, 5) is 27.3. The third-order valence-electron chi connectivity index (χ3n) is 6.72. The van der Waals surface area contributed by atoms with Gasteiger partial charge in [0.05, 0.1) is 5.56 Å². The van der Waals surface area contributed by atoms with Crippen LogP contribution in [0.15, 0.2) is 116 Å². The van der Waals surface area contributed by atoms with Crippen molar-refractivity contribution in [1.29, 1.82) is 0 Å². The molecule has 2 N–H and O–H groups in total. The van der Waals surface area contributed by atoms with Gasteiger partial charge < -0.3 is 10.1 Å². The summed E-state index contributed by atoms with van der Waals surface area (Å²) in [7, 11) is 0. The Labute approximate surface area is 220 Å². The third kappa shape index (κ3) is 4.12. The quantitative estimate of drug-likeness (QED) is 0.208. The van der Waals surface area contributed by atoms with Crippen LogP contribution >= 0.6 is 0 Å². The third-order valence-corrected chi connectivity index (χ3v) is 6.72. The van der Waals surface area contributed by atoms with Crippen LogP contribution in [0.4, 0.5) is 5.69 Å². The number of hydrogen-bond acceptors (Lipinski definition) is 4. The van der Waals surface area contributed by atoms with Crippen molar-refractivity contribution in [2.45, 2.75) is 6.17 Å². The Morgan fingerprint density at radius 1 is 0.895 bits per heavy atom. The van der Waals surface area contributed by atoms with Gasteiger partial charge in [0.1, 0.15) is 18.5 Å². The fourth-order valence-electron chi connectivity index (χ4n) is 4.95. The predicted octanol–water partition coefficient (Wildman–Crippen LogP) is 6.47. The van der Waals surface area contributed by atoms with Gasteiger partial charge in [-0.05, 0) is 64.0 Å². The normalized spacial score (nSPS) is 14.6. The van der Waals surface area contributed by atoms with Crippen molar-refractivity contribution in [1.82, 2.24) is 10.4 Å². The molecular formula is C32H25N3O3. The van der Waals surface area contributed by atoms with Crippen molar-refractivity contribution in [3.05, 3.63) is 132 Å². The zero-order valence-electron chi connectivity index (χ0n) is 20.6. The first kappa shape index (κ1) is 23.3. The SMILES string of the molecule is C=CCOc1ccc(C(=O)NN2C(=O)c3ccccc3NC2c2c3ccccc3cc3ccccc23)cc1. The second-order valence-electron chi connectivity index (χ2n) is 9.07. The molecule has 0 radical (unpaired) electrons. The summed E-state index contributed by atoms with van der Waals surface area (Å²) in [5.74, 6) is -0.0591. The van der Waals surface area contributed by atoms with Crippen LogP contribution < -0.4 is 15.5 Å². The van der Waals surface area contributed by atoms with Gasteiger partial charge in [-0.25, -0.2) is 5.01 Å². The molecule has 0 bridgehead atoms. The molecule has 6 heteroatoms. The Bertz CT molecular complexity index is 1640. The second kappa shape index (κ2) is 9.75. The number of para-hydroxylation sites is 1. The first-order valence-corrected chi connectivity index (χ1v) is 12.4. The maximum absolute atomic E-state index is 13.9. The van der Waals surface area contributed by atoms with E-state index in [-0.39, 0.29) is 5.91 Å². The van der Waals surface area contributed by atoms with Crippen LogP contribution in [0.2, 0.25) is 0 Å². The molecule has 0 saturated heterocycles. The lowest BCUT2D eigenvalue weighted by Crippen LogP contribution is -2.53. The number of hydrazine groups is 1. The van der Waals surface area contributed by atoms with Crippen LogP contribution in [0, 0.1) is 0 Å². The van der Waals surface area contributed by atoms with Gasteiger partial charge in [-0.15, -0.1) is 0 Å². The average Bonchev–Trinajstić information content (AvgIpc) is 2.96. The Morgan fingerprint density at radius 2 is 1.53 bits per heavy atom. The monoisotopic (exact) mass is 499 g/mol. The van der Waals surface area contributed by atoms with Gasteiger partial charge in [0.15, 0.2) is 0 Å². The summed E-state index contributed by atoms with van der Waals surface area (Å²) in [5.41, 5.74) is 5.41. The molecule has 5 aromatic carbocycles. The Hall–Kier alpha value is -5.10. The molecule has 1 aliphatic heterocycles. The molecule has 5 aromatic rings. The van der Waals surface area contributed by atoms with E-state index in [0.717, 1.165) is 27.1 Å². The number of anilines is 1. The van der Waals surface area contributed by atoms with Gasteiger partial charge in [0.2, 0.25) is 0 Å². The molecule has 0 spiro atoms. The molecule has 1 atom stereocenters. The van der Waals surface area contributed by atoms with E-state index in [1.165, 1.54) is 5.01 Å². The molecule has 0 aliphatic carbocycles. The topological polar surface area (TPSA) is 70.7 Å². The zero-order chi connectivity index (χ0) is 26.1. The summed E-state index contributed by atoms with van der Waals surface area (Å²) >= 11 is 0. The van der Waals surface area contributed by atoms with E-state index >= 15 is 0 Å². The van der Waals surface area contributed by atoms with Crippen molar-refractivity contribution < 1.29 is 14.3 Å². The van der Waals surface area contributed by atoms with Crippen molar-refractivity contribution in [3.63, 3.8) is 0 Å². The fourth-order valence-corrected chi connectivity index (χ4v) is 4.95. The van der Waals surface area contributed by atoms with E-state index in [1.54, 1.807) is 36.4 Å². The molecule has 6 nitrogen and oxygen atoms in total. The molecule has 1 heterocycles. The van der Waals surface area contributed by atoms with Gasteiger partial charge in [0.25, 0.3) is 11.8 Å². The number of carbonyl (C=O) groups is 2. The first-order valence-electron chi connectivity index (χ1n) is 12.4. The first-order chi connectivity index (χ1) is 18.6. The van der Waals surface area contributed by atoms with Gasteiger partial charge in [-0.3, -0.25) is 15.0 Å². The van der Waals surface area contributed by atoms with Crippen LogP contribution in [-0.2, 0) is 0 Å². The minimum absolute atomic E-state index is 0.291. The smallest absolute Gasteiger partial charge is 0.276 e. The number of ether oxygens (including phenoxy) is 1. The van der Waals surface area contributed by atoms with Gasteiger partial charge in [0, 0.05) is 16.8 Å². The Morgan fingerprint density at radius 3 is 2.21 bits per heavy atom. The molecule has 1 unspecified atom stereocenters. The highest BCUT2D eigenvalue weighted by molar-refractivity contribution is 6.07. The summed E-state index contributed by atoms with van der Waals surface area (Å²) in [6, 6.07) is 32.5. The standard InChI is InChI=1S/C32H25N3O3/c1-2-19-38-24-17-15-21(16-18-24)31(36)34-35-30(33-28-14-8-7-13-27(28)32(35)37)29-25-11-5-3-9-22(25)20-23-10-4-6-12-26(23)29/h2-18,20,30,33H,1,19H2,(H,34,36). The number of nitrogens with zero attached hydrogens (tertiary/aromatic N) is 1. The maximum Gasteiger partial charge on any atom is 0.276 e. The molecule has 186 valence electrons. The number of rotatable bonds is 6. The summed E-state index contributed by atoms with van der Waals surface area (Å²) in [5, 5.41) is 9.03. The fraction of sp³-hybridized carbons (Fsp3) is 0.0625. The summed E-state index contributed by atoms with van der Waals surface area (Å²) in [6.45, 7) is 4.02. The predicted molar refractivity (Wildman–Crippen MR) is 150 cm³/mol. The van der Waals surface area contributed by atoms with Crippen molar-refractivity contribution in [2.24, 2.45) is 0 Å². The van der Waals surface area contributed by atoms with Gasteiger partial charge >= 0.3 is 0 Å². The van der Waals surface area contributed by atoms with E-state index in [0.29, 0.717) is 29.2 Å². The Kier molecular flexibility index (Phi) is 5.98. The van der Waals surface area contributed by atoms with Crippen LogP contribution in [0.1, 0.15) is 32.4 Å². The Balaban J connectivity index is 1.46. The van der Waals surface area contributed by atoms with Crippen molar-refractivity contribution >= 4 is 39.0 Å². The molecule has 2 amide bonds. The number of fused-ring (bicyclic) bond motifs is 3. The van der Waals surface area contributed by atoms with Crippen LogP contribution in [-0.4, -0.2) is 23.4 Å². The molecule has 0 saturated carbocycles. The second-order valence-corrected chi connectivity index (χ2v) is 9.07. The molecule has 38 heavy (non-hydrogen) atoms. The van der Waals surface area contributed by atoms with Gasteiger partial charge in [-0.1, -0.05) is 73.3 Å². The lowest BCUT2D eigenvalue weighted by Gasteiger charge is -2.38. The molecule has 0 aromatic heterocycles. The minimum Gasteiger partial charge on any atom is -0.490 e. The number of hydrogen-bond donors (Lipinski definition) is 2. The largest absolute Gasteiger partial charge is 0.490 e.